The molecule has 1 aromatic heterocycles. The van der Waals surface area contributed by atoms with E-state index in [4.69, 9.17) is 0 Å². The Kier molecular flexibility index (Phi) is 3.32. The largest absolute Gasteiger partial charge is 0.467 e. The van der Waals surface area contributed by atoms with Gasteiger partial charge in [0.15, 0.2) is 0 Å². The minimum Gasteiger partial charge on any atom is -0.467 e. The Morgan fingerprint density at radius 3 is 2.95 bits per heavy atom. The van der Waals surface area contributed by atoms with E-state index in [9.17, 15) is 14.8 Å². The van der Waals surface area contributed by atoms with Gasteiger partial charge in [-0.25, -0.2) is 4.79 Å². The number of nitrogens with one attached hydrogen (secondary N) is 1. The van der Waals surface area contributed by atoms with Crippen molar-refractivity contribution >= 4 is 22.9 Å². The molecule has 0 spiro atoms. The highest BCUT2D eigenvalue weighted by molar-refractivity contribution is 5.98. The van der Waals surface area contributed by atoms with Gasteiger partial charge >= 0.3 is 5.97 Å². The number of amides is 1. The van der Waals surface area contributed by atoms with Crippen molar-refractivity contribution in [3.63, 3.8) is 0 Å². The highest BCUT2D eigenvalue weighted by Gasteiger charge is 2.18. The molecule has 0 aliphatic rings. The van der Waals surface area contributed by atoms with Gasteiger partial charge < -0.3 is 15.3 Å². The van der Waals surface area contributed by atoms with Gasteiger partial charge in [0.2, 0.25) is 11.0 Å². The van der Waals surface area contributed by atoms with Gasteiger partial charge in [0, 0.05) is 16.8 Å². The summed E-state index contributed by atoms with van der Waals surface area (Å²) in [4.78, 5) is 23.3. The Hall–Kier alpha value is -2.64. The number of benzene rings is 1. The molecule has 0 bridgehead atoms. The molecule has 0 aliphatic carbocycles. The molecular formula is C11H11N3O5. The average molecular weight is 265 g/mol. The lowest BCUT2D eigenvalue weighted by Crippen LogP contribution is -2.39. The van der Waals surface area contributed by atoms with E-state index in [1.807, 2.05) is 0 Å². The SMILES string of the molecule is COC(=O)[C@H](C)NC(=O)c1ccc2c(c1)no[n+]2[O-]. The summed E-state index contributed by atoms with van der Waals surface area (Å²) in [6.45, 7) is 1.50. The quantitative estimate of drug-likeness (QED) is 0.605. The van der Waals surface area contributed by atoms with Crippen LogP contribution in [0.3, 0.4) is 0 Å². The molecule has 0 fully saturated rings. The van der Waals surface area contributed by atoms with Crippen LogP contribution in [-0.4, -0.2) is 30.2 Å². The molecule has 8 heteroatoms. The molecule has 1 heterocycles. The maximum absolute atomic E-state index is 11.9. The van der Waals surface area contributed by atoms with E-state index in [0.717, 1.165) is 0 Å². The summed E-state index contributed by atoms with van der Waals surface area (Å²) < 4.78 is 8.89. The predicted molar refractivity (Wildman–Crippen MR) is 61.9 cm³/mol. The van der Waals surface area contributed by atoms with Crippen LogP contribution in [0.25, 0.3) is 11.0 Å². The van der Waals surface area contributed by atoms with Crippen LogP contribution >= 0.6 is 0 Å². The summed E-state index contributed by atoms with van der Waals surface area (Å²) in [6.07, 6.45) is 0. The lowest BCUT2D eigenvalue weighted by Gasteiger charge is -2.10. The van der Waals surface area contributed by atoms with Crippen molar-refractivity contribution in [2.24, 2.45) is 0 Å². The second-order valence-corrected chi connectivity index (χ2v) is 3.85. The van der Waals surface area contributed by atoms with Crippen LogP contribution in [0.5, 0.6) is 0 Å². The van der Waals surface area contributed by atoms with Crippen molar-refractivity contribution in [2.45, 2.75) is 13.0 Å². The lowest BCUT2D eigenvalue weighted by molar-refractivity contribution is -0.782. The molecule has 0 aliphatic heterocycles. The fraction of sp³-hybridized carbons (Fsp3) is 0.273. The number of aromatic nitrogens is 2. The van der Waals surface area contributed by atoms with Crippen molar-refractivity contribution in [3.05, 3.63) is 29.0 Å². The Balaban J connectivity index is 2.19. The van der Waals surface area contributed by atoms with Crippen LogP contribution in [0.4, 0.5) is 0 Å². The molecule has 100 valence electrons. The summed E-state index contributed by atoms with van der Waals surface area (Å²) in [7, 11) is 1.24. The van der Waals surface area contributed by atoms with Gasteiger partial charge in [-0.15, -0.1) is 0 Å². The van der Waals surface area contributed by atoms with Gasteiger partial charge in [0.25, 0.3) is 5.91 Å². The van der Waals surface area contributed by atoms with Crippen LogP contribution in [0.1, 0.15) is 17.3 Å². The third kappa shape index (κ3) is 2.46. The highest BCUT2D eigenvalue weighted by atomic mass is 16.8. The standard InChI is InChI=1S/C11H11N3O5/c1-6(11(16)18-2)12-10(15)7-3-4-9-8(5-7)13-19-14(9)17/h3-6H,1-2H3,(H,12,15)/t6-/m0/s1. The van der Waals surface area contributed by atoms with Crippen LogP contribution < -0.4 is 10.2 Å². The highest BCUT2D eigenvalue weighted by Crippen LogP contribution is 2.10. The van der Waals surface area contributed by atoms with Gasteiger partial charge in [-0.3, -0.25) is 9.42 Å². The van der Waals surface area contributed by atoms with Crippen LogP contribution in [0.2, 0.25) is 0 Å². The van der Waals surface area contributed by atoms with Gasteiger partial charge in [0.1, 0.15) is 6.04 Å². The Labute approximate surface area is 107 Å². The number of nitrogens with zero attached hydrogens (tertiary/aromatic N) is 2. The summed E-state index contributed by atoms with van der Waals surface area (Å²) in [5, 5.41) is 17.0. The number of hydrogen-bond acceptors (Lipinski definition) is 6. The number of rotatable bonds is 3. The summed E-state index contributed by atoms with van der Waals surface area (Å²) in [5.74, 6) is -1.02. The zero-order valence-electron chi connectivity index (χ0n) is 10.2. The first kappa shape index (κ1) is 12.8. The topological polar surface area (TPSA) is 108 Å². The normalized spacial score (nSPS) is 12.1. The van der Waals surface area contributed by atoms with E-state index in [1.165, 1.54) is 32.2 Å². The van der Waals surface area contributed by atoms with Crippen molar-refractivity contribution in [1.82, 2.24) is 10.5 Å². The summed E-state index contributed by atoms with van der Waals surface area (Å²) in [6, 6.07) is 3.48. The minimum atomic E-state index is -0.769. The second kappa shape index (κ2) is 4.92. The fourth-order valence-corrected chi connectivity index (χ4v) is 1.53. The van der Waals surface area contributed by atoms with Gasteiger partial charge in [0.05, 0.1) is 7.11 Å². The monoisotopic (exact) mass is 265 g/mol. The van der Waals surface area contributed by atoms with E-state index < -0.39 is 17.9 Å². The molecule has 8 nitrogen and oxygen atoms in total. The van der Waals surface area contributed by atoms with Crippen LogP contribution in [0, 0.1) is 5.21 Å². The molecule has 0 saturated carbocycles. The molecular weight excluding hydrogens is 254 g/mol. The average Bonchev–Trinajstić information content (AvgIpc) is 2.78. The number of carbonyl (C=O) groups excluding carboxylic acids is 2. The van der Waals surface area contributed by atoms with Gasteiger partial charge in [-0.05, 0) is 24.0 Å². The first-order valence-electron chi connectivity index (χ1n) is 5.41. The molecule has 1 aromatic carbocycles. The number of carbonyl (C=O) groups is 2. The maximum Gasteiger partial charge on any atom is 0.328 e. The maximum atomic E-state index is 11.9. The van der Waals surface area contributed by atoms with E-state index in [2.05, 4.69) is 19.8 Å². The van der Waals surface area contributed by atoms with Crippen LogP contribution in [0.15, 0.2) is 22.8 Å². The minimum absolute atomic E-state index is 0.220. The van der Waals surface area contributed by atoms with E-state index >= 15 is 0 Å². The number of esters is 1. The smallest absolute Gasteiger partial charge is 0.328 e. The number of methoxy groups -OCH3 is 1. The summed E-state index contributed by atoms with van der Waals surface area (Å²) >= 11 is 0. The lowest BCUT2D eigenvalue weighted by atomic mass is 10.1. The van der Waals surface area contributed by atoms with E-state index in [1.54, 1.807) is 0 Å². The molecule has 0 unspecified atom stereocenters. The Bertz CT molecular complexity index is 636. The van der Waals surface area contributed by atoms with Crippen molar-refractivity contribution < 1.29 is 23.9 Å². The summed E-state index contributed by atoms with van der Waals surface area (Å²) in [5.41, 5.74) is 0.739. The number of hydrogen-bond donors (Lipinski definition) is 1. The van der Waals surface area contributed by atoms with Gasteiger partial charge in [-0.2, -0.15) is 0 Å². The molecule has 2 aromatic rings. The molecule has 1 amide bonds. The zero-order valence-corrected chi connectivity index (χ0v) is 10.2. The molecule has 0 radical (unpaired) electrons. The molecule has 0 saturated heterocycles. The zero-order chi connectivity index (χ0) is 14.0. The first-order valence-corrected chi connectivity index (χ1v) is 5.41. The van der Waals surface area contributed by atoms with Crippen molar-refractivity contribution in [1.29, 1.82) is 0 Å². The number of fused-ring (bicyclic) bond motifs is 1. The fourth-order valence-electron chi connectivity index (χ4n) is 1.53. The van der Waals surface area contributed by atoms with Gasteiger partial charge in [-0.1, -0.05) is 0 Å². The molecule has 1 N–H and O–H groups in total. The van der Waals surface area contributed by atoms with E-state index in [0.29, 0.717) is 0 Å². The third-order valence-corrected chi connectivity index (χ3v) is 2.55. The van der Waals surface area contributed by atoms with Crippen molar-refractivity contribution in [3.8, 4) is 0 Å². The third-order valence-electron chi connectivity index (χ3n) is 2.55. The predicted octanol–water partition coefficient (Wildman–Crippen LogP) is -0.248. The van der Waals surface area contributed by atoms with E-state index in [-0.39, 0.29) is 21.5 Å². The second-order valence-electron chi connectivity index (χ2n) is 3.85. The molecule has 2 rings (SSSR count). The first-order chi connectivity index (χ1) is 9.02. The van der Waals surface area contributed by atoms with Crippen LogP contribution in [-0.2, 0) is 9.53 Å². The molecule has 1 atom stereocenters. The Morgan fingerprint density at radius 1 is 1.53 bits per heavy atom. The number of ether oxygens (including phenoxy) is 1. The van der Waals surface area contributed by atoms with Crippen molar-refractivity contribution in [2.75, 3.05) is 7.11 Å². The Morgan fingerprint density at radius 2 is 2.26 bits per heavy atom. The molecule has 19 heavy (non-hydrogen) atoms.